The molecular weight excluding hydrogens is 112 g/mol. The third-order valence-corrected chi connectivity index (χ3v) is 1.61. The van der Waals surface area contributed by atoms with Crippen molar-refractivity contribution in [2.75, 3.05) is 13.1 Å². The Hall–Kier alpha value is -0.0800. The van der Waals surface area contributed by atoms with Crippen LogP contribution >= 0.6 is 0 Å². The molecular formula is C7H18N2. The van der Waals surface area contributed by atoms with Gasteiger partial charge in [0, 0.05) is 6.04 Å². The lowest BCUT2D eigenvalue weighted by Gasteiger charge is -2.14. The molecule has 2 heteroatoms. The molecule has 0 aromatic rings. The molecule has 0 fully saturated rings. The van der Waals surface area contributed by atoms with Crippen LogP contribution < -0.4 is 11.1 Å². The minimum atomic E-state index is 0.309. The molecule has 2 nitrogen and oxygen atoms in total. The summed E-state index contributed by atoms with van der Waals surface area (Å²) in [7, 11) is 0. The zero-order chi connectivity index (χ0) is 7.28. The van der Waals surface area contributed by atoms with Crippen molar-refractivity contribution in [2.45, 2.75) is 26.8 Å². The van der Waals surface area contributed by atoms with E-state index in [1.807, 2.05) is 6.92 Å². The summed E-state index contributed by atoms with van der Waals surface area (Å²) in [5, 5.41) is 3.25. The first kappa shape index (κ1) is 8.92. The van der Waals surface area contributed by atoms with Crippen molar-refractivity contribution >= 4 is 0 Å². The number of nitrogens with one attached hydrogen (secondary N) is 1. The van der Waals surface area contributed by atoms with Gasteiger partial charge in [0.15, 0.2) is 0 Å². The summed E-state index contributed by atoms with van der Waals surface area (Å²) in [6.07, 6.45) is 0. The van der Waals surface area contributed by atoms with Gasteiger partial charge in [-0.25, -0.2) is 0 Å². The molecule has 56 valence electrons. The molecule has 0 bridgehead atoms. The Kier molecular flexibility index (Phi) is 4.72. The highest BCUT2D eigenvalue weighted by Gasteiger charge is 2.04. The van der Waals surface area contributed by atoms with Crippen molar-refractivity contribution in [3.63, 3.8) is 0 Å². The van der Waals surface area contributed by atoms with Gasteiger partial charge in [-0.1, -0.05) is 13.8 Å². The second-order valence-electron chi connectivity index (χ2n) is 2.64. The summed E-state index contributed by atoms with van der Waals surface area (Å²) in [5.74, 6) is 0.588. The molecule has 0 spiro atoms. The van der Waals surface area contributed by atoms with Gasteiger partial charge in [-0.3, -0.25) is 0 Å². The molecule has 0 amide bonds. The zero-order valence-corrected chi connectivity index (χ0v) is 6.65. The Morgan fingerprint density at radius 1 is 1.44 bits per heavy atom. The maximum absolute atomic E-state index is 5.64. The van der Waals surface area contributed by atoms with Crippen LogP contribution in [0.5, 0.6) is 0 Å². The topological polar surface area (TPSA) is 38.0 Å². The van der Waals surface area contributed by atoms with Gasteiger partial charge in [-0.2, -0.15) is 0 Å². The lowest BCUT2D eigenvalue weighted by Crippen LogP contribution is -2.32. The number of nitrogens with two attached hydrogens (primary N) is 1. The summed E-state index contributed by atoms with van der Waals surface area (Å²) in [4.78, 5) is 0. The Labute approximate surface area is 57.8 Å². The first-order valence-corrected chi connectivity index (χ1v) is 3.64. The molecule has 0 aliphatic heterocycles. The highest BCUT2D eigenvalue weighted by molar-refractivity contribution is 4.64. The highest BCUT2D eigenvalue weighted by atomic mass is 14.9. The quantitative estimate of drug-likeness (QED) is 0.584. The van der Waals surface area contributed by atoms with Gasteiger partial charge in [0.25, 0.3) is 0 Å². The molecule has 0 aromatic heterocycles. The minimum absolute atomic E-state index is 0.309. The number of hydrogen-bond acceptors (Lipinski definition) is 2. The normalized spacial score (nSPS) is 17.3. The first-order chi connectivity index (χ1) is 4.18. The van der Waals surface area contributed by atoms with Gasteiger partial charge in [0.05, 0.1) is 0 Å². The summed E-state index contributed by atoms with van der Waals surface area (Å²) in [6.45, 7) is 8.38. The fraction of sp³-hybridized carbons (Fsp3) is 1.00. The molecule has 0 aromatic carbocycles. The van der Waals surface area contributed by atoms with E-state index in [1.54, 1.807) is 0 Å². The molecule has 2 unspecified atom stereocenters. The lowest BCUT2D eigenvalue weighted by molar-refractivity contribution is 0.451. The van der Waals surface area contributed by atoms with Crippen molar-refractivity contribution in [3.05, 3.63) is 0 Å². The molecule has 0 aliphatic carbocycles. The van der Waals surface area contributed by atoms with Crippen molar-refractivity contribution < 1.29 is 0 Å². The average Bonchev–Trinajstić information content (AvgIpc) is 1.82. The lowest BCUT2D eigenvalue weighted by atomic mass is 10.1. The molecule has 0 rings (SSSR count). The van der Waals surface area contributed by atoms with Crippen molar-refractivity contribution in [1.82, 2.24) is 5.32 Å². The Morgan fingerprint density at radius 2 is 2.00 bits per heavy atom. The number of hydrogen-bond donors (Lipinski definition) is 2. The van der Waals surface area contributed by atoms with E-state index in [2.05, 4.69) is 19.2 Å². The predicted octanol–water partition coefficient (Wildman–Crippen LogP) is 0.579. The largest absolute Gasteiger partial charge is 0.328 e. The molecule has 3 N–H and O–H groups in total. The standard InChI is InChI=1S/C7H18N2/c1-4-9-5-6(2)7(3)8/h6-7,9H,4-5,8H2,1-3H3. The van der Waals surface area contributed by atoms with Crippen LogP contribution in [0.4, 0.5) is 0 Å². The predicted molar refractivity (Wildman–Crippen MR) is 41.4 cm³/mol. The second-order valence-corrected chi connectivity index (χ2v) is 2.64. The van der Waals surface area contributed by atoms with Crippen molar-refractivity contribution in [2.24, 2.45) is 11.7 Å². The molecule has 0 radical (unpaired) electrons. The minimum Gasteiger partial charge on any atom is -0.328 e. The van der Waals surface area contributed by atoms with Crippen LogP contribution in [0.2, 0.25) is 0 Å². The first-order valence-electron chi connectivity index (χ1n) is 3.64. The van der Waals surface area contributed by atoms with Crippen LogP contribution in [0.1, 0.15) is 20.8 Å². The SMILES string of the molecule is CCNCC(C)C(C)N. The molecule has 0 saturated heterocycles. The summed E-state index contributed by atoms with van der Waals surface area (Å²) >= 11 is 0. The van der Waals surface area contributed by atoms with Crippen LogP contribution in [0, 0.1) is 5.92 Å². The van der Waals surface area contributed by atoms with Crippen LogP contribution in [0.3, 0.4) is 0 Å². The Morgan fingerprint density at radius 3 is 2.33 bits per heavy atom. The molecule has 0 saturated carbocycles. The van der Waals surface area contributed by atoms with Crippen LogP contribution in [0.25, 0.3) is 0 Å². The van der Waals surface area contributed by atoms with Gasteiger partial charge in [-0.05, 0) is 25.9 Å². The number of rotatable bonds is 4. The monoisotopic (exact) mass is 130 g/mol. The summed E-state index contributed by atoms with van der Waals surface area (Å²) < 4.78 is 0. The van der Waals surface area contributed by atoms with Gasteiger partial charge in [0.1, 0.15) is 0 Å². The third kappa shape index (κ3) is 4.43. The maximum Gasteiger partial charge on any atom is 0.00482 e. The van der Waals surface area contributed by atoms with Crippen LogP contribution in [0.15, 0.2) is 0 Å². The van der Waals surface area contributed by atoms with E-state index in [-0.39, 0.29) is 0 Å². The van der Waals surface area contributed by atoms with E-state index in [9.17, 15) is 0 Å². The Bertz CT molecular complexity index is 61.9. The molecule has 9 heavy (non-hydrogen) atoms. The van der Waals surface area contributed by atoms with E-state index in [0.29, 0.717) is 12.0 Å². The maximum atomic E-state index is 5.64. The highest BCUT2D eigenvalue weighted by Crippen LogP contribution is 1.95. The van der Waals surface area contributed by atoms with Crippen LogP contribution in [-0.4, -0.2) is 19.1 Å². The molecule has 0 heterocycles. The van der Waals surface area contributed by atoms with E-state index in [4.69, 9.17) is 5.73 Å². The van der Waals surface area contributed by atoms with Crippen molar-refractivity contribution in [1.29, 1.82) is 0 Å². The van der Waals surface area contributed by atoms with Gasteiger partial charge in [0.2, 0.25) is 0 Å². The van der Waals surface area contributed by atoms with Crippen molar-refractivity contribution in [3.8, 4) is 0 Å². The molecule has 0 aliphatic rings. The van der Waals surface area contributed by atoms with E-state index in [1.165, 1.54) is 0 Å². The third-order valence-electron chi connectivity index (χ3n) is 1.61. The van der Waals surface area contributed by atoms with Gasteiger partial charge < -0.3 is 11.1 Å². The van der Waals surface area contributed by atoms with Crippen LogP contribution in [-0.2, 0) is 0 Å². The van der Waals surface area contributed by atoms with E-state index in [0.717, 1.165) is 13.1 Å². The smallest absolute Gasteiger partial charge is 0.00482 e. The summed E-state index contributed by atoms with van der Waals surface area (Å²) in [6, 6.07) is 0.309. The average molecular weight is 130 g/mol. The second kappa shape index (κ2) is 4.77. The van der Waals surface area contributed by atoms with Gasteiger partial charge in [-0.15, -0.1) is 0 Å². The summed E-state index contributed by atoms with van der Waals surface area (Å²) in [5.41, 5.74) is 5.64. The van der Waals surface area contributed by atoms with E-state index < -0.39 is 0 Å². The van der Waals surface area contributed by atoms with E-state index >= 15 is 0 Å². The fourth-order valence-corrected chi connectivity index (χ4v) is 0.558. The van der Waals surface area contributed by atoms with Gasteiger partial charge >= 0.3 is 0 Å². The zero-order valence-electron chi connectivity index (χ0n) is 6.65. The Balaban J connectivity index is 3.16. The fourth-order valence-electron chi connectivity index (χ4n) is 0.558. The molecule has 2 atom stereocenters.